The Balaban J connectivity index is 2.31. The SMILES string of the molecule is CCNC(=NCc1ccco1)NCCNC(=O)C(C)C. The summed E-state index contributed by atoms with van der Waals surface area (Å²) >= 11 is 0. The second-order valence-corrected chi connectivity index (χ2v) is 4.65. The molecule has 0 saturated carbocycles. The van der Waals surface area contributed by atoms with E-state index in [1.165, 1.54) is 0 Å². The number of hydrogen-bond donors (Lipinski definition) is 3. The van der Waals surface area contributed by atoms with Crippen LogP contribution in [0.15, 0.2) is 27.8 Å². The van der Waals surface area contributed by atoms with Crippen molar-refractivity contribution in [3.05, 3.63) is 24.2 Å². The van der Waals surface area contributed by atoms with Crippen LogP contribution < -0.4 is 16.0 Å². The summed E-state index contributed by atoms with van der Waals surface area (Å²) in [6.45, 7) is 8.22. The highest BCUT2D eigenvalue weighted by Gasteiger charge is 2.05. The van der Waals surface area contributed by atoms with Crippen LogP contribution in [-0.2, 0) is 11.3 Å². The molecule has 0 aliphatic heterocycles. The Hall–Kier alpha value is -1.98. The molecule has 0 radical (unpaired) electrons. The molecular weight excluding hydrogens is 256 g/mol. The van der Waals surface area contributed by atoms with Gasteiger partial charge in [0.05, 0.1) is 6.26 Å². The molecule has 0 aromatic carbocycles. The zero-order valence-corrected chi connectivity index (χ0v) is 12.4. The van der Waals surface area contributed by atoms with E-state index < -0.39 is 0 Å². The van der Waals surface area contributed by atoms with E-state index in [0.29, 0.717) is 25.6 Å². The standard InChI is InChI=1S/C14H24N4O2/c1-4-15-14(18-10-12-6-5-9-20-12)17-8-7-16-13(19)11(2)3/h5-6,9,11H,4,7-8,10H2,1-3H3,(H,16,19)(H2,15,17,18). The fourth-order valence-corrected chi connectivity index (χ4v) is 1.47. The lowest BCUT2D eigenvalue weighted by molar-refractivity contribution is -0.123. The summed E-state index contributed by atoms with van der Waals surface area (Å²) in [6.07, 6.45) is 1.63. The highest BCUT2D eigenvalue weighted by Crippen LogP contribution is 2.00. The zero-order chi connectivity index (χ0) is 14.8. The first-order valence-corrected chi connectivity index (χ1v) is 6.95. The Kier molecular flexibility index (Phi) is 7.24. The van der Waals surface area contributed by atoms with Gasteiger partial charge in [0.15, 0.2) is 5.96 Å². The van der Waals surface area contributed by atoms with Crippen LogP contribution in [0.2, 0.25) is 0 Å². The van der Waals surface area contributed by atoms with E-state index in [1.54, 1.807) is 6.26 Å². The molecule has 1 aromatic heterocycles. The van der Waals surface area contributed by atoms with E-state index in [9.17, 15) is 4.79 Å². The number of hydrogen-bond acceptors (Lipinski definition) is 3. The summed E-state index contributed by atoms with van der Waals surface area (Å²) in [6, 6.07) is 3.72. The first-order chi connectivity index (χ1) is 9.63. The number of amides is 1. The minimum Gasteiger partial charge on any atom is -0.467 e. The van der Waals surface area contributed by atoms with Gasteiger partial charge in [0.2, 0.25) is 5.91 Å². The van der Waals surface area contributed by atoms with E-state index in [0.717, 1.165) is 12.3 Å². The highest BCUT2D eigenvalue weighted by molar-refractivity contribution is 5.80. The normalized spacial score (nSPS) is 11.5. The first kappa shape index (κ1) is 16.1. The fourth-order valence-electron chi connectivity index (χ4n) is 1.47. The monoisotopic (exact) mass is 280 g/mol. The Morgan fingerprint density at radius 3 is 2.65 bits per heavy atom. The lowest BCUT2D eigenvalue weighted by atomic mass is 10.2. The topological polar surface area (TPSA) is 78.7 Å². The molecule has 112 valence electrons. The number of nitrogens with zero attached hydrogens (tertiary/aromatic N) is 1. The van der Waals surface area contributed by atoms with Gasteiger partial charge < -0.3 is 20.4 Å². The van der Waals surface area contributed by atoms with Gasteiger partial charge >= 0.3 is 0 Å². The maximum Gasteiger partial charge on any atom is 0.222 e. The van der Waals surface area contributed by atoms with Crippen molar-refractivity contribution in [2.45, 2.75) is 27.3 Å². The van der Waals surface area contributed by atoms with Gasteiger partial charge in [-0.25, -0.2) is 4.99 Å². The number of furan rings is 1. The van der Waals surface area contributed by atoms with Gasteiger partial charge in [-0.1, -0.05) is 13.8 Å². The van der Waals surface area contributed by atoms with Crippen molar-refractivity contribution >= 4 is 11.9 Å². The third-order valence-corrected chi connectivity index (χ3v) is 2.56. The molecule has 0 fully saturated rings. The number of rotatable bonds is 7. The van der Waals surface area contributed by atoms with Crippen molar-refractivity contribution < 1.29 is 9.21 Å². The third-order valence-electron chi connectivity index (χ3n) is 2.56. The van der Waals surface area contributed by atoms with Crippen molar-refractivity contribution in [3.63, 3.8) is 0 Å². The molecule has 3 N–H and O–H groups in total. The zero-order valence-electron chi connectivity index (χ0n) is 12.4. The smallest absolute Gasteiger partial charge is 0.222 e. The van der Waals surface area contributed by atoms with Gasteiger partial charge in [-0.15, -0.1) is 0 Å². The van der Waals surface area contributed by atoms with Gasteiger partial charge in [0, 0.05) is 25.6 Å². The average Bonchev–Trinajstić information content (AvgIpc) is 2.93. The molecule has 6 nitrogen and oxygen atoms in total. The van der Waals surface area contributed by atoms with E-state index in [1.807, 2.05) is 32.9 Å². The second kappa shape index (κ2) is 9.01. The van der Waals surface area contributed by atoms with Crippen LogP contribution >= 0.6 is 0 Å². The number of aliphatic imine (C=N–C) groups is 1. The summed E-state index contributed by atoms with van der Waals surface area (Å²) < 4.78 is 5.23. The van der Waals surface area contributed by atoms with Crippen LogP contribution in [-0.4, -0.2) is 31.5 Å². The molecule has 1 aromatic rings. The minimum atomic E-state index is 0.0101. The van der Waals surface area contributed by atoms with Crippen LogP contribution in [0, 0.1) is 5.92 Å². The molecule has 6 heteroatoms. The molecule has 0 unspecified atom stereocenters. The number of guanidine groups is 1. The van der Waals surface area contributed by atoms with Crippen molar-refractivity contribution in [2.24, 2.45) is 10.9 Å². The van der Waals surface area contributed by atoms with Crippen LogP contribution in [0.3, 0.4) is 0 Å². The lowest BCUT2D eigenvalue weighted by Crippen LogP contribution is -2.42. The Bertz CT molecular complexity index is 413. The molecule has 0 spiro atoms. The fraction of sp³-hybridized carbons (Fsp3) is 0.571. The Morgan fingerprint density at radius 1 is 1.30 bits per heavy atom. The number of nitrogens with one attached hydrogen (secondary N) is 3. The van der Waals surface area contributed by atoms with Crippen LogP contribution in [0.4, 0.5) is 0 Å². The molecular formula is C14H24N4O2. The Labute approximate surface area is 120 Å². The van der Waals surface area contributed by atoms with Crippen molar-refractivity contribution in [3.8, 4) is 0 Å². The summed E-state index contributed by atoms with van der Waals surface area (Å²) in [5.41, 5.74) is 0. The number of carbonyl (C=O) groups is 1. The lowest BCUT2D eigenvalue weighted by Gasteiger charge is -2.12. The summed E-state index contributed by atoms with van der Waals surface area (Å²) in [7, 11) is 0. The van der Waals surface area contributed by atoms with E-state index in [-0.39, 0.29) is 11.8 Å². The largest absolute Gasteiger partial charge is 0.467 e. The molecule has 1 amide bonds. The molecule has 0 saturated heterocycles. The van der Waals surface area contributed by atoms with Crippen LogP contribution in [0.25, 0.3) is 0 Å². The third kappa shape index (κ3) is 6.26. The maximum atomic E-state index is 11.4. The van der Waals surface area contributed by atoms with E-state index in [2.05, 4.69) is 20.9 Å². The van der Waals surface area contributed by atoms with Crippen LogP contribution in [0.1, 0.15) is 26.5 Å². The first-order valence-electron chi connectivity index (χ1n) is 6.95. The van der Waals surface area contributed by atoms with Gasteiger partial charge in [-0.05, 0) is 19.1 Å². The molecule has 1 rings (SSSR count). The predicted octanol–water partition coefficient (Wildman–Crippen LogP) is 1.11. The van der Waals surface area contributed by atoms with Gasteiger partial charge in [0.25, 0.3) is 0 Å². The quantitative estimate of drug-likeness (QED) is 0.397. The minimum absolute atomic E-state index is 0.0101. The molecule has 20 heavy (non-hydrogen) atoms. The molecule has 1 heterocycles. The van der Waals surface area contributed by atoms with Crippen molar-refractivity contribution in [1.82, 2.24) is 16.0 Å². The molecule has 0 bridgehead atoms. The van der Waals surface area contributed by atoms with Crippen LogP contribution in [0.5, 0.6) is 0 Å². The average molecular weight is 280 g/mol. The second-order valence-electron chi connectivity index (χ2n) is 4.65. The van der Waals surface area contributed by atoms with Crippen molar-refractivity contribution in [2.75, 3.05) is 19.6 Å². The van der Waals surface area contributed by atoms with Crippen molar-refractivity contribution in [1.29, 1.82) is 0 Å². The van der Waals surface area contributed by atoms with E-state index in [4.69, 9.17) is 4.42 Å². The van der Waals surface area contributed by atoms with Gasteiger partial charge in [-0.2, -0.15) is 0 Å². The van der Waals surface area contributed by atoms with Gasteiger partial charge in [-0.3, -0.25) is 4.79 Å². The van der Waals surface area contributed by atoms with E-state index >= 15 is 0 Å². The van der Waals surface area contributed by atoms with Gasteiger partial charge in [0.1, 0.15) is 12.3 Å². The number of carbonyl (C=O) groups excluding carboxylic acids is 1. The highest BCUT2D eigenvalue weighted by atomic mass is 16.3. The maximum absolute atomic E-state index is 11.4. The molecule has 0 aliphatic carbocycles. The summed E-state index contributed by atoms with van der Waals surface area (Å²) in [5.74, 6) is 1.60. The predicted molar refractivity (Wildman–Crippen MR) is 79.4 cm³/mol. The Morgan fingerprint density at radius 2 is 2.05 bits per heavy atom. The summed E-state index contributed by atoms with van der Waals surface area (Å²) in [4.78, 5) is 15.8. The molecule has 0 aliphatic rings. The summed E-state index contributed by atoms with van der Waals surface area (Å²) in [5, 5.41) is 9.15. The molecule has 0 atom stereocenters.